The highest BCUT2D eigenvalue weighted by molar-refractivity contribution is 5.78. The molecule has 0 radical (unpaired) electrons. The number of hydrogen-bond donors (Lipinski definition) is 1. The van der Waals surface area contributed by atoms with Crippen molar-refractivity contribution in [3.63, 3.8) is 0 Å². The highest BCUT2D eigenvalue weighted by Crippen LogP contribution is 2.09. The smallest absolute Gasteiger partial charge is 0.226 e. The topological polar surface area (TPSA) is 46.3 Å². The molecule has 0 atom stereocenters. The molecule has 2 N–H and O–H groups in total. The van der Waals surface area contributed by atoms with Gasteiger partial charge in [-0.2, -0.15) is 0 Å². The minimum atomic E-state index is 0.103. The first-order valence-electron chi connectivity index (χ1n) is 4.62. The molecule has 3 heteroatoms. The number of carbonyl (C=O) groups is 1. The molecule has 0 aliphatic heterocycles. The summed E-state index contributed by atoms with van der Waals surface area (Å²) in [5, 5.41) is 0. The van der Waals surface area contributed by atoms with Gasteiger partial charge < -0.3 is 10.6 Å². The second-order valence-electron chi connectivity index (χ2n) is 3.44. The zero-order valence-electron chi connectivity index (χ0n) is 8.66. The lowest BCUT2D eigenvalue weighted by Crippen LogP contribution is -2.24. The average molecular weight is 192 g/mol. The van der Waals surface area contributed by atoms with Gasteiger partial charge in [0.15, 0.2) is 0 Å². The maximum absolute atomic E-state index is 11.5. The Labute approximate surface area is 84.5 Å². The van der Waals surface area contributed by atoms with Gasteiger partial charge in [-0.15, -0.1) is 0 Å². The molecular weight excluding hydrogens is 176 g/mol. The van der Waals surface area contributed by atoms with Crippen LogP contribution in [0, 0.1) is 0 Å². The SMILES string of the molecule is CN(C)C(=O)Cc1ccccc1CN. The quantitative estimate of drug-likeness (QED) is 0.769. The van der Waals surface area contributed by atoms with E-state index in [2.05, 4.69) is 0 Å². The Balaban J connectivity index is 2.80. The maximum atomic E-state index is 11.5. The molecule has 0 saturated heterocycles. The summed E-state index contributed by atoms with van der Waals surface area (Å²) < 4.78 is 0. The first-order chi connectivity index (χ1) is 6.65. The Morgan fingerprint density at radius 3 is 2.36 bits per heavy atom. The predicted octanol–water partition coefficient (Wildman–Crippen LogP) is 0.776. The van der Waals surface area contributed by atoms with Gasteiger partial charge in [-0.1, -0.05) is 24.3 Å². The van der Waals surface area contributed by atoms with Crippen molar-refractivity contribution in [3.8, 4) is 0 Å². The molecule has 0 aliphatic carbocycles. The second-order valence-corrected chi connectivity index (χ2v) is 3.44. The van der Waals surface area contributed by atoms with Crippen molar-refractivity contribution >= 4 is 5.91 Å². The highest BCUT2D eigenvalue weighted by Gasteiger charge is 2.07. The van der Waals surface area contributed by atoms with Crippen LogP contribution in [0.25, 0.3) is 0 Å². The van der Waals surface area contributed by atoms with E-state index in [9.17, 15) is 4.79 Å². The molecule has 3 nitrogen and oxygen atoms in total. The molecule has 0 aliphatic rings. The van der Waals surface area contributed by atoms with Gasteiger partial charge in [0.05, 0.1) is 6.42 Å². The number of nitrogens with zero attached hydrogens (tertiary/aromatic N) is 1. The fourth-order valence-corrected chi connectivity index (χ4v) is 1.25. The van der Waals surface area contributed by atoms with Gasteiger partial charge in [0.1, 0.15) is 0 Å². The van der Waals surface area contributed by atoms with Crippen LogP contribution in [0.15, 0.2) is 24.3 Å². The van der Waals surface area contributed by atoms with Crippen molar-refractivity contribution in [2.24, 2.45) is 5.73 Å². The van der Waals surface area contributed by atoms with Gasteiger partial charge in [-0.05, 0) is 11.1 Å². The second kappa shape index (κ2) is 4.77. The molecule has 1 aromatic rings. The number of benzene rings is 1. The lowest BCUT2D eigenvalue weighted by molar-refractivity contribution is -0.127. The lowest BCUT2D eigenvalue weighted by atomic mass is 10.0. The van der Waals surface area contributed by atoms with E-state index >= 15 is 0 Å². The van der Waals surface area contributed by atoms with Gasteiger partial charge in [0, 0.05) is 20.6 Å². The Morgan fingerprint density at radius 1 is 1.29 bits per heavy atom. The Morgan fingerprint density at radius 2 is 1.86 bits per heavy atom. The van der Waals surface area contributed by atoms with Crippen molar-refractivity contribution < 1.29 is 4.79 Å². The normalized spacial score (nSPS) is 9.93. The fraction of sp³-hybridized carbons (Fsp3) is 0.364. The molecule has 0 heterocycles. The van der Waals surface area contributed by atoms with Gasteiger partial charge in [0.25, 0.3) is 0 Å². The summed E-state index contributed by atoms with van der Waals surface area (Å²) >= 11 is 0. The summed E-state index contributed by atoms with van der Waals surface area (Å²) in [6, 6.07) is 7.77. The van der Waals surface area contributed by atoms with Crippen LogP contribution in [0.2, 0.25) is 0 Å². The summed E-state index contributed by atoms with van der Waals surface area (Å²) in [6.45, 7) is 0.483. The van der Waals surface area contributed by atoms with Crippen LogP contribution in [0.3, 0.4) is 0 Å². The third-order valence-electron chi connectivity index (χ3n) is 2.18. The number of rotatable bonds is 3. The summed E-state index contributed by atoms with van der Waals surface area (Å²) in [5.74, 6) is 0.103. The molecule has 76 valence electrons. The van der Waals surface area contributed by atoms with Gasteiger partial charge in [0.2, 0.25) is 5.91 Å². The van der Waals surface area contributed by atoms with E-state index in [1.54, 1.807) is 19.0 Å². The van der Waals surface area contributed by atoms with Crippen molar-refractivity contribution in [2.75, 3.05) is 14.1 Å². The molecule has 0 aromatic heterocycles. The summed E-state index contributed by atoms with van der Waals surface area (Å²) in [7, 11) is 3.51. The third kappa shape index (κ3) is 2.57. The molecule has 0 spiro atoms. The zero-order valence-corrected chi connectivity index (χ0v) is 8.66. The van der Waals surface area contributed by atoms with Crippen molar-refractivity contribution in [2.45, 2.75) is 13.0 Å². The average Bonchev–Trinajstić information content (AvgIpc) is 2.18. The maximum Gasteiger partial charge on any atom is 0.226 e. The molecule has 1 amide bonds. The van der Waals surface area contributed by atoms with Crippen LogP contribution in [0.5, 0.6) is 0 Å². The minimum Gasteiger partial charge on any atom is -0.349 e. The van der Waals surface area contributed by atoms with Crippen LogP contribution in [0.4, 0.5) is 0 Å². The van der Waals surface area contributed by atoms with Crippen LogP contribution < -0.4 is 5.73 Å². The molecule has 0 saturated carbocycles. The molecular formula is C11H16N2O. The van der Waals surface area contributed by atoms with Gasteiger partial charge in [-0.3, -0.25) is 4.79 Å². The van der Waals surface area contributed by atoms with Crippen molar-refractivity contribution in [1.29, 1.82) is 0 Å². The van der Waals surface area contributed by atoms with E-state index < -0.39 is 0 Å². The standard InChI is InChI=1S/C11H16N2O/c1-13(2)11(14)7-9-5-3-4-6-10(9)8-12/h3-6H,7-8,12H2,1-2H3. The van der Waals surface area contributed by atoms with Gasteiger partial charge >= 0.3 is 0 Å². The Hall–Kier alpha value is -1.35. The summed E-state index contributed by atoms with van der Waals surface area (Å²) in [6.07, 6.45) is 0.431. The Kier molecular flexibility index (Phi) is 3.65. The molecule has 14 heavy (non-hydrogen) atoms. The van der Waals surface area contributed by atoms with Gasteiger partial charge in [-0.25, -0.2) is 0 Å². The minimum absolute atomic E-state index is 0.103. The molecule has 1 rings (SSSR count). The van der Waals surface area contributed by atoms with E-state index in [1.165, 1.54) is 0 Å². The van der Waals surface area contributed by atoms with Crippen LogP contribution in [0.1, 0.15) is 11.1 Å². The predicted molar refractivity (Wildman–Crippen MR) is 56.7 cm³/mol. The van der Waals surface area contributed by atoms with Crippen LogP contribution >= 0.6 is 0 Å². The van der Waals surface area contributed by atoms with E-state index in [0.717, 1.165) is 11.1 Å². The summed E-state index contributed by atoms with van der Waals surface area (Å²) in [4.78, 5) is 13.1. The Bertz CT molecular complexity index is 321. The zero-order chi connectivity index (χ0) is 10.6. The molecule has 1 aromatic carbocycles. The number of amides is 1. The van der Waals surface area contributed by atoms with E-state index in [4.69, 9.17) is 5.73 Å². The van der Waals surface area contributed by atoms with Crippen LogP contribution in [-0.2, 0) is 17.8 Å². The number of carbonyl (C=O) groups excluding carboxylic acids is 1. The molecule has 0 bridgehead atoms. The highest BCUT2D eigenvalue weighted by atomic mass is 16.2. The first-order valence-corrected chi connectivity index (χ1v) is 4.62. The van der Waals surface area contributed by atoms with Crippen molar-refractivity contribution in [1.82, 2.24) is 4.90 Å². The number of likely N-dealkylation sites (N-methyl/N-ethyl adjacent to an activating group) is 1. The largest absolute Gasteiger partial charge is 0.349 e. The first kappa shape index (κ1) is 10.7. The van der Waals surface area contributed by atoms with Crippen LogP contribution in [-0.4, -0.2) is 24.9 Å². The third-order valence-corrected chi connectivity index (χ3v) is 2.18. The van der Waals surface area contributed by atoms with Crippen molar-refractivity contribution in [3.05, 3.63) is 35.4 Å². The lowest BCUT2D eigenvalue weighted by Gasteiger charge is -2.12. The fourth-order valence-electron chi connectivity index (χ4n) is 1.25. The number of hydrogen-bond acceptors (Lipinski definition) is 2. The summed E-state index contributed by atoms with van der Waals surface area (Å²) in [5.41, 5.74) is 7.64. The number of nitrogens with two attached hydrogens (primary N) is 1. The van der Waals surface area contributed by atoms with E-state index in [-0.39, 0.29) is 5.91 Å². The monoisotopic (exact) mass is 192 g/mol. The van der Waals surface area contributed by atoms with E-state index in [1.807, 2.05) is 24.3 Å². The molecule has 0 unspecified atom stereocenters. The molecule has 0 fully saturated rings. The van der Waals surface area contributed by atoms with E-state index in [0.29, 0.717) is 13.0 Å².